The maximum atomic E-state index is 13.0. The molecule has 0 saturated carbocycles. The third kappa shape index (κ3) is 4.27. The number of rotatable bonds is 5. The van der Waals surface area contributed by atoms with Crippen LogP contribution in [0, 0.1) is 0 Å². The summed E-state index contributed by atoms with van der Waals surface area (Å²) in [5.41, 5.74) is 3.26. The second kappa shape index (κ2) is 8.61. The number of amides is 2. The van der Waals surface area contributed by atoms with Crippen molar-refractivity contribution in [3.63, 3.8) is 0 Å². The lowest BCUT2D eigenvalue weighted by atomic mass is 10.1. The van der Waals surface area contributed by atoms with Gasteiger partial charge in [0.1, 0.15) is 0 Å². The number of urea groups is 1. The van der Waals surface area contributed by atoms with Gasteiger partial charge in [-0.05, 0) is 48.1 Å². The summed E-state index contributed by atoms with van der Waals surface area (Å²) in [4.78, 5) is 18.6. The molecule has 1 fully saturated rings. The molecule has 1 N–H and O–H groups in total. The Kier molecular flexibility index (Phi) is 5.92. The Morgan fingerprint density at radius 2 is 1.87 bits per heavy atom. The van der Waals surface area contributed by atoms with E-state index in [0.717, 1.165) is 30.4 Å². The lowest BCUT2D eigenvalue weighted by Crippen LogP contribution is -2.52. The molecule has 0 spiro atoms. The molecule has 160 valence electrons. The van der Waals surface area contributed by atoms with Crippen LogP contribution in [0.25, 0.3) is 0 Å². The number of aryl methyl sites for hydroxylation is 2. The number of methoxy groups -OCH3 is 1. The molecule has 9 heteroatoms. The average molecular weight is 431 g/mol. The Morgan fingerprint density at radius 1 is 1.10 bits per heavy atom. The number of hydrogen-bond acceptors (Lipinski definition) is 5. The van der Waals surface area contributed by atoms with Crippen LogP contribution in [0.5, 0.6) is 5.88 Å². The molecule has 0 radical (unpaired) electrons. The van der Waals surface area contributed by atoms with Crippen molar-refractivity contribution >= 4 is 16.1 Å². The number of benzene rings is 1. The maximum Gasteiger partial charge on any atom is 0.317 e. The molecule has 0 bridgehead atoms. The molecular weight excluding hydrogens is 404 g/mol. The fraction of sp³-hybridized carbons (Fsp3) is 0.429. The van der Waals surface area contributed by atoms with Crippen LogP contribution >= 0.6 is 0 Å². The van der Waals surface area contributed by atoms with E-state index < -0.39 is 10.0 Å². The van der Waals surface area contributed by atoms with Crippen LogP contribution in [0.3, 0.4) is 0 Å². The molecule has 0 atom stereocenters. The van der Waals surface area contributed by atoms with E-state index in [9.17, 15) is 13.2 Å². The van der Waals surface area contributed by atoms with Gasteiger partial charge in [0.2, 0.25) is 15.9 Å². The highest BCUT2D eigenvalue weighted by molar-refractivity contribution is 7.89. The molecule has 8 nitrogen and oxygen atoms in total. The van der Waals surface area contributed by atoms with E-state index in [1.807, 2.05) is 18.2 Å². The zero-order valence-corrected chi connectivity index (χ0v) is 17.8. The van der Waals surface area contributed by atoms with Gasteiger partial charge in [-0.1, -0.05) is 12.1 Å². The summed E-state index contributed by atoms with van der Waals surface area (Å²) in [6.45, 7) is 1.64. The van der Waals surface area contributed by atoms with Crippen LogP contribution in [0.1, 0.15) is 23.1 Å². The Hall–Kier alpha value is -2.65. The lowest BCUT2D eigenvalue weighted by molar-refractivity contribution is 0.172. The zero-order valence-electron chi connectivity index (χ0n) is 17.0. The smallest absolute Gasteiger partial charge is 0.317 e. The van der Waals surface area contributed by atoms with Gasteiger partial charge in [0.05, 0.1) is 12.0 Å². The number of piperazine rings is 1. The van der Waals surface area contributed by atoms with E-state index >= 15 is 0 Å². The van der Waals surface area contributed by atoms with Gasteiger partial charge in [0.15, 0.2) is 0 Å². The molecule has 30 heavy (non-hydrogen) atoms. The second-order valence-electron chi connectivity index (χ2n) is 7.54. The lowest BCUT2D eigenvalue weighted by Gasteiger charge is -2.34. The van der Waals surface area contributed by atoms with E-state index in [0.29, 0.717) is 30.4 Å². The molecular formula is C21H26N4O4S. The molecule has 4 rings (SSSR count). The first-order valence-corrected chi connectivity index (χ1v) is 11.5. The number of fused-ring (bicyclic) bond motifs is 1. The molecule has 0 unspecified atom stereocenters. The van der Waals surface area contributed by atoms with Crippen LogP contribution in [-0.2, 0) is 29.4 Å². The van der Waals surface area contributed by atoms with Gasteiger partial charge in [0, 0.05) is 45.0 Å². The summed E-state index contributed by atoms with van der Waals surface area (Å²) < 4.78 is 32.5. The van der Waals surface area contributed by atoms with E-state index in [1.54, 1.807) is 30.3 Å². The van der Waals surface area contributed by atoms with Gasteiger partial charge in [-0.15, -0.1) is 0 Å². The third-order valence-electron chi connectivity index (χ3n) is 5.68. The van der Waals surface area contributed by atoms with Crippen LogP contribution in [0.2, 0.25) is 0 Å². The first kappa shape index (κ1) is 20.6. The molecule has 1 aliphatic carbocycles. The monoisotopic (exact) mass is 430 g/mol. The molecule has 1 aromatic heterocycles. The fourth-order valence-corrected chi connectivity index (χ4v) is 5.39. The first-order valence-electron chi connectivity index (χ1n) is 10.1. The van der Waals surface area contributed by atoms with Crippen molar-refractivity contribution in [1.29, 1.82) is 0 Å². The minimum absolute atomic E-state index is 0.208. The van der Waals surface area contributed by atoms with E-state index in [1.165, 1.54) is 9.87 Å². The van der Waals surface area contributed by atoms with Crippen molar-refractivity contribution < 1.29 is 17.9 Å². The van der Waals surface area contributed by atoms with Gasteiger partial charge in [-0.25, -0.2) is 18.2 Å². The van der Waals surface area contributed by atoms with Crippen LogP contribution < -0.4 is 10.1 Å². The summed E-state index contributed by atoms with van der Waals surface area (Å²) >= 11 is 0. The third-order valence-corrected chi connectivity index (χ3v) is 7.58. The molecule has 1 saturated heterocycles. The summed E-state index contributed by atoms with van der Waals surface area (Å²) in [6.07, 6.45) is 4.70. The average Bonchev–Trinajstić information content (AvgIpc) is 3.26. The molecule has 1 aliphatic heterocycles. The van der Waals surface area contributed by atoms with E-state index in [-0.39, 0.29) is 19.1 Å². The van der Waals surface area contributed by atoms with Gasteiger partial charge >= 0.3 is 6.03 Å². The van der Waals surface area contributed by atoms with Crippen molar-refractivity contribution in [2.45, 2.75) is 30.7 Å². The summed E-state index contributed by atoms with van der Waals surface area (Å²) in [5.74, 6) is 0.519. The Morgan fingerprint density at radius 3 is 2.57 bits per heavy atom. The Balaban J connectivity index is 1.32. The molecule has 2 aromatic rings. The number of sulfonamides is 1. The van der Waals surface area contributed by atoms with Crippen LogP contribution in [0.4, 0.5) is 4.79 Å². The Labute approximate surface area is 176 Å². The topological polar surface area (TPSA) is 91.8 Å². The predicted molar refractivity (Wildman–Crippen MR) is 112 cm³/mol. The fourth-order valence-electron chi connectivity index (χ4n) is 3.91. The van der Waals surface area contributed by atoms with Crippen LogP contribution in [0.15, 0.2) is 41.4 Å². The summed E-state index contributed by atoms with van der Waals surface area (Å²) in [7, 11) is -1.99. The number of aromatic nitrogens is 1. The van der Waals surface area contributed by atoms with Gasteiger partial charge in [0.25, 0.3) is 0 Å². The zero-order chi connectivity index (χ0) is 21.1. The maximum absolute atomic E-state index is 13.0. The van der Waals surface area contributed by atoms with Crippen molar-refractivity contribution in [2.24, 2.45) is 0 Å². The summed E-state index contributed by atoms with van der Waals surface area (Å²) in [6, 6.07) is 8.84. The minimum Gasteiger partial charge on any atom is -0.481 e. The van der Waals surface area contributed by atoms with Gasteiger partial charge < -0.3 is 15.0 Å². The Bertz CT molecular complexity index is 1020. The van der Waals surface area contributed by atoms with Crippen LogP contribution in [-0.4, -0.2) is 61.9 Å². The van der Waals surface area contributed by atoms with Crippen molar-refractivity contribution in [3.05, 3.63) is 53.2 Å². The quantitative estimate of drug-likeness (QED) is 0.781. The van der Waals surface area contributed by atoms with Gasteiger partial charge in [-0.3, -0.25) is 0 Å². The molecule has 2 aliphatic rings. The SMILES string of the molecule is COc1ccc(CNC(=O)N2CCN(S(=O)(=O)c3ccc4c(c3)CCC4)CC2)cn1. The number of hydrogen-bond donors (Lipinski definition) is 1. The number of carbonyl (C=O) groups is 1. The number of nitrogens with one attached hydrogen (secondary N) is 1. The standard InChI is InChI=1S/C21H26N4O4S/c1-29-20-8-5-16(14-22-20)15-23-21(26)24-9-11-25(12-10-24)30(27,28)19-7-6-17-3-2-4-18(17)13-19/h5-8,13-14H,2-4,9-12,15H2,1H3,(H,23,26). The number of ether oxygens (including phenoxy) is 1. The number of pyridine rings is 1. The second-order valence-corrected chi connectivity index (χ2v) is 9.48. The number of carbonyl (C=O) groups excluding carboxylic acids is 1. The highest BCUT2D eigenvalue weighted by Crippen LogP contribution is 2.26. The molecule has 2 amide bonds. The summed E-state index contributed by atoms with van der Waals surface area (Å²) in [5, 5.41) is 2.86. The number of nitrogens with zero attached hydrogens (tertiary/aromatic N) is 3. The predicted octanol–water partition coefficient (Wildman–Crippen LogP) is 1.79. The highest BCUT2D eigenvalue weighted by Gasteiger charge is 2.30. The molecule has 2 heterocycles. The van der Waals surface area contributed by atoms with Crippen molar-refractivity contribution in [2.75, 3.05) is 33.3 Å². The normalized spacial score (nSPS) is 16.9. The largest absolute Gasteiger partial charge is 0.481 e. The first-order chi connectivity index (χ1) is 14.5. The molecule has 1 aromatic carbocycles. The highest BCUT2D eigenvalue weighted by atomic mass is 32.2. The van der Waals surface area contributed by atoms with E-state index in [4.69, 9.17) is 4.74 Å². The van der Waals surface area contributed by atoms with Gasteiger partial charge in [-0.2, -0.15) is 4.31 Å². The minimum atomic E-state index is -3.54. The van der Waals surface area contributed by atoms with Crippen molar-refractivity contribution in [3.8, 4) is 5.88 Å². The van der Waals surface area contributed by atoms with Crippen molar-refractivity contribution in [1.82, 2.24) is 19.5 Å². The van der Waals surface area contributed by atoms with E-state index in [2.05, 4.69) is 10.3 Å².